The quantitative estimate of drug-likeness (QED) is 0.822. The number of aryl methyl sites for hydroxylation is 1. The van der Waals surface area contributed by atoms with E-state index in [-0.39, 0.29) is 0 Å². The molecule has 5 rings (SSSR count). The summed E-state index contributed by atoms with van der Waals surface area (Å²) < 4.78 is 12.0. The largest absolute Gasteiger partial charge is 0.486 e. The molecular weight excluding hydrogens is 366 g/mol. The molecule has 1 saturated carbocycles. The maximum Gasteiger partial charge on any atom is 0.229 e. The zero-order valence-corrected chi connectivity index (χ0v) is 17.4. The molecule has 0 radical (unpaired) electrons. The van der Waals surface area contributed by atoms with Crippen LogP contribution in [0.1, 0.15) is 30.0 Å². The number of likely N-dealkylation sites (tertiary alicyclic amines) is 1. The highest BCUT2D eigenvalue weighted by atomic mass is 16.6. The van der Waals surface area contributed by atoms with E-state index in [1.54, 1.807) is 0 Å². The summed E-state index contributed by atoms with van der Waals surface area (Å²) in [6.07, 6.45) is 2.44. The third kappa shape index (κ3) is 3.59. The molecule has 29 heavy (non-hydrogen) atoms. The summed E-state index contributed by atoms with van der Waals surface area (Å²) in [5.41, 5.74) is 3.13. The van der Waals surface area contributed by atoms with Crippen LogP contribution in [-0.4, -0.2) is 55.3 Å². The Kier molecular flexibility index (Phi) is 4.70. The van der Waals surface area contributed by atoms with Crippen molar-refractivity contribution in [2.45, 2.75) is 25.7 Å². The first-order valence-electron chi connectivity index (χ1n) is 10.5. The zero-order chi connectivity index (χ0) is 20.0. The molecule has 2 aliphatic heterocycles. The number of ether oxygens (including phenoxy) is 2. The Balaban J connectivity index is 1.46. The van der Waals surface area contributed by atoms with Crippen molar-refractivity contribution in [3.63, 3.8) is 0 Å². The van der Waals surface area contributed by atoms with E-state index < -0.39 is 0 Å². The van der Waals surface area contributed by atoms with Crippen molar-refractivity contribution < 1.29 is 9.47 Å². The van der Waals surface area contributed by atoms with Crippen molar-refractivity contribution >= 4 is 17.5 Å². The Morgan fingerprint density at radius 2 is 1.79 bits per heavy atom. The van der Waals surface area contributed by atoms with Gasteiger partial charge in [-0.05, 0) is 50.6 Å². The number of hydrogen-bond acceptors (Lipinski definition) is 7. The molecule has 2 aromatic rings. The Labute approximate surface area is 171 Å². The number of aromatic nitrogens is 2. The standard InChI is InChI=1S/C22H29N5O2/c1-13-6-20(23-2)26-22(24-13)25-17-9-18(21-19(10-17)28-4-5-29-21)14-7-15-11-27(3)12-16(15)8-14/h6,9-10,14-16H,4-5,7-8,11-12H2,1-3H3,(H2,23,24,25,26)/t14?,15-,16+. The second-order valence-electron chi connectivity index (χ2n) is 8.59. The molecule has 0 amide bonds. The van der Waals surface area contributed by atoms with Gasteiger partial charge in [-0.2, -0.15) is 4.98 Å². The predicted octanol–water partition coefficient (Wildman–Crippen LogP) is 3.40. The maximum atomic E-state index is 6.07. The second kappa shape index (κ2) is 7.37. The van der Waals surface area contributed by atoms with Crippen LogP contribution >= 0.6 is 0 Å². The molecule has 3 atom stereocenters. The summed E-state index contributed by atoms with van der Waals surface area (Å²) in [4.78, 5) is 11.5. The second-order valence-corrected chi connectivity index (χ2v) is 8.59. The third-order valence-corrected chi connectivity index (χ3v) is 6.41. The number of nitrogens with zero attached hydrogens (tertiary/aromatic N) is 3. The minimum atomic E-state index is 0.516. The van der Waals surface area contributed by atoms with Gasteiger partial charge in [0.25, 0.3) is 0 Å². The molecule has 7 heteroatoms. The molecule has 1 aromatic heterocycles. The van der Waals surface area contributed by atoms with Crippen molar-refractivity contribution in [1.29, 1.82) is 0 Å². The van der Waals surface area contributed by atoms with E-state index in [0.717, 1.165) is 40.5 Å². The molecule has 3 aliphatic rings. The average molecular weight is 396 g/mol. The van der Waals surface area contributed by atoms with E-state index in [1.807, 2.05) is 26.1 Å². The fraction of sp³-hybridized carbons (Fsp3) is 0.545. The highest BCUT2D eigenvalue weighted by molar-refractivity contribution is 5.65. The molecular formula is C22H29N5O2. The molecule has 3 heterocycles. The van der Waals surface area contributed by atoms with Gasteiger partial charge in [0.1, 0.15) is 19.0 Å². The summed E-state index contributed by atoms with van der Waals surface area (Å²) in [5.74, 6) is 5.24. The van der Waals surface area contributed by atoms with Gasteiger partial charge in [-0.1, -0.05) is 0 Å². The Morgan fingerprint density at radius 1 is 1.03 bits per heavy atom. The number of fused-ring (bicyclic) bond motifs is 2. The van der Waals surface area contributed by atoms with Crippen LogP contribution in [0, 0.1) is 18.8 Å². The highest BCUT2D eigenvalue weighted by Gasteiger charge is 2.41. The van der Waals surface area contributed by atoms with Gasteiger partial charge in [-0.15, -0.1) is 0 Å². The average Bonchev–Trinajstić information content (AvgIpc) is 3.24. The first-order valence-corrected chi connectivity index (χ1v) is 10.5. The van der Waals surface area contributed by atoms with E-state index in [4.69, 9.17) is 9.47 Å². The summed E-state index contributed by atoms with van der Waals surface area (Å²) in [5, 5.41) is 6.47. The van der Waals surface area contributed by atoms with Gasteiger partial charge in [0, 0.05) is 49.2 Å². The molecule has 1 aliphatic carbocycles. The van der Waals surface area contributed by atoms with E-state index in [9.17, 15) is 0 Å². The first-order chi connectivity index (χ1) is 14.1. The zero-order valence-electron chi connectivity index (χ0n) is 17.4. The Bertz CT molecular complexity index is 904. The smallest absolute Gasteiger partial charge is 0.229 e. The van der Waals surface area contributed by atoms with E-state index in [1.165, 1.54) is 31.5 Å². The van der Waals surface area contributed by atoms with Crippen LogP contribution < -0.4 is 20.1 Å². The van der Waals surface area contributed by atoms with E-state index in [2.05, 4.69) is 38.6 Å². The van der Waals surface area contributed by atoms with Crippen LogP contribution in [0.3, 0.4) is 0 Å². The van der Waals surface area contributed by atoms with Gasteiger partial charge in [-0.3, -0.25) is 0 Å². The normalized spacial score (nSPS) is 25.7. The highest BCUT2D eigenvalue weighted by Crippen LogP contribution is 2.51. The van der Waals surface area contributed by atoms with Crippen LogP contribution in [0.4, 0.5) is 17.5 Å². The van der Waals surface area contributed by atoms with Gasteiger partial charge < -0.3 is 25.0 Å². The predicted molar refractivity (Wildman–Crippen MR) is 113 cm³/mol. The molecule has 154 valence electrons. The number of anilines is 3. The van der Waals surface area contributed by atoms with E-state index in [0.29, 0.717) is 25.1 Å². The van der Waals surface area contributed by atoms with Crippen molar-refractivity contribution in [2.24, 2.45) is 11.8 Å². The monoisotopic (exact) mass is 395 g/mol. The molecule has 2 fully saturated rings. The lowest BCUT2D eigenvalue weighted by Crippen LogP contribution is -2.19. The van der Waals surface area contributed by atoms with Crippen LogP contribution in [-0.2, 0) is 0 Å². The Morgan fingerprint density at radius 3 is 2.55 bits per heavy atom. The fourth-order valence-corrected chi connectivity index (χ4v) is 5.23. The van der Waals surface area contributed by atoms with Crippen molar-refractivity contribution in [2.75, 3.05) is 51.0 Å². The molecule has 0 bridgehead atoms. The van der Waals surface area contributed by atoms with E-state index >= 15 is 0 Å². The minimum absolute atomic E-state index is 0.516. The summed E-state index contributed by atoms with van der Waals surface area (Å²) in [6.45, 7) is 5.59. The van der Waals surface area contributed by atoms with Gasteiger partial charge in [0.15, 0.2) is 11.5 Å². The lowest BCUT2D eigenvalue weighted by Gasteiger charge is -2.25. The van der Waals surface area contributed by atoms with Crippen molar-refractivity contribution in [3.8, 4) is 11.5 Å². The lowest BCUT2D eigenvalue weighted by atomic mass is 9.93. The number of benzene rings is 1. The van der Waals surface area contributed by atoms with Crippen molar-refractivity contribution in [1.82, 2.24) is 14.9 Å². The Hall–Kier alpha value is -2.54. The number of rotatable bonds is 4. The fourth-order valence-electron chi connectivity index (χ4n) is 5.23. The van der Waals surface area contributed by atoms with Crippen molar-refractivity contribution in [3.05, 3.63) is 29.5 Å². The maximum absolute atomic E-state index is 6.07. The molecule has 1 aromatic carbocycles. The lowest BCUT2D eigenvalue weighted by molar-refractivity contribution is 0.169. The third-order valence-electron chi connectivity index (χ3n) is 6.41. The topological polar surface area (TPSA) is 71.5 Å². The molecule has 1 unspecified atom stereocenters. The van der Waals surface area contributed by atoms with Crippen LogP contribution in [0.5, 0.6) is 11.5 Å². The van der Waals surface area contributed by atoms with Gasteiger partial charge >= 0.3 is 0 Å². The van der Waals surface area contributed by atoms with Crippen LogP contribution in [0.15, 0.2) is 18.2 Å². The molecule has 7 nitrogen and oxygen atoms in total. The SMILES string of the molecule is CNc1cc(C)nc(Nc2cc3c(c(C4C[C@@H]5CN(C)C[C@@H]5C4)c2)OCCO3)n1. The van der Waals surface area contributed by atoms with Gasteiger partial charge in [0.05, 0.1) is 0 Å². The van der Waals surface area contributed by atoms with Crippen LogP contribution in [0.2, 0.25) is 0 Å². The summed E-state index contributed by atoms with van der Waals surface area (Å²) >= 11 is 0. The first kappa shape index (κ1) is 18.5. The number of nitrogens with one attached hydrogen (secondary N) is 2. The molecule has 1 saturated heterocycles. The minimum Gasteiger partial charge on any atom is -0.486 e. The molecule has 2 N–H and O–H groups in total. The number of hydrogen-bond donors (Lipinski definition) is 2. The summed E-state index contributed by atoms with van der Waals surface area (Å²) in [7, 11) is 4.10. The summed E-state index contributed by atoms with van der Waals surface area (Å²) in [6, 6.07) is 6.15. The van der Waals surface area contributed by atoms with Gasteiger partial charge in [-0.25, -0.2) is 4.98 Å². The molecule has 0 spiro atoms. The van der Waals surface area contributed by atoms with Crippen LogP contribution in [0.25, 0.3) is 0 Å². The van der Waals surface area contributed by atoms with Gasteiger partial charge in [0.2, 0.25) is 5.95 Å².